The maximum atomic E-state index is 9.42. The average molecular weight is 232 g/mol. The fourth-order valence-electron chi connectivity index (χ4n) is 1.74. The van der Waals surface area contributed by atoms with E-state index < -0.39 is 0 Å². The van der Waals surface area contributed by atoms with Gasteiger partial charge in [0.1, 0.15) is 0 Å². The van der Waals surface area contributed by atoms with Gasteiger partial charge in [0.25, 0.3) is 0 Å². The van der Waals surface area contributed by atoms with Crippen molar-refractivity contribution in [2.45, 2.75) is 32.2 Å². The first-order valence-electron chi connectivity index (χ1n) is 6.11. The van der Waals surface area contributed by atoms with Crippen molar-refractivity contribution in [2.75, 3.05) is 47.0 Å². The van der Waals surface area contributed by atoms with E-state index in [0.717, 1.165) is 39.1 Å². The SMILES string of the molecule is CCCNC(C)(CO)CN(C)CCCOC. The number of hydrogen-bond acceptors (Lipinski definition) is 4. The van der Waals surface area contributed by atoms with Gasteiger partial charge in [0.2, 0.25) is 0 Å². The Morgan fingerprint density at radius 1 is 1.44 bits per heavy atom. The summed E-state index contributed by atoms with van der Waals surface area (Å²) in [5, 5.41) is 12.8. The first kappa shape index (κ1) is 15.8. The van der Waals surface area contributed by atoms with Gasteiger partial charge < -0.3 is 20.1 Å². The Kier molecular flexibility index (Phi) is 8.84. The molecule has 0 radical (unpaired) electrons. The first-order chi connectivity index (χ1) is 7.58. The molecule has 0 aliphatic rings. The van der Waals surface area contributed by atoms with Crippen LogP contribution in [0.2, 0.25) is 0 Å². The van der Waals surface area contributed by atoms with Gasteiger partial charge in [-0.25, -0.2) is 0 Å². The summed E-state index contributed by atoms with van der Waals surface area (Å²) >= 11 is 0. The van der Waals surface area contributed by atoms with Crippen LogP contribution in [0.1, 0.15) is 26.7 Å². The van der Waals surface area contributed by atoms with Gasteiger partial charge in [-0.05, 0) is 33.4 Å². The third-order valence-corrected chi connectivity index (χ3v) is 2.66. The lowest BCUT2D eigenvalue weighted by molar-refractivity contribution is 0.123. The van der Waals surface area contributed by atoms with Crippen molar-refractivity contribution in [3.05, 3.63) is 0 Å². The van der Waals surface area contributed by atoms with Crippen molar-refractivity contribution in [3.63, 3.8) is 0 Å². The first-order valence-corrected chi connectivity index (χ1v) is 6.11. The van der Waals surface area contributed by atoms with Crippen LogP contribution in [0.15, 0.2) is 0 Å². The zero-order valence-corrected chi connectivity index (χ0v) is 11.3. The summed E-state index contributed by atoms with van der Waals surface area (Å²) in [6.07, 6.45) is 2.12. The van der Waals surface area contributed by atoms with E-state index >= 15 is 0 Å². The van der Waals surface area contributed by atoms with Gasteiger partial charge in [0.05, 0.1) is 12.1 Å². The van der Waals surface area contributed by atoms with Crippen molar-refractivity contribution in [3.8, 4) is 0 Å². The number of methoxy groups -OCH3 is 1. The molecule has 0 aliphatic carbocycles. The van der Waals surface area contributed by atoms with Gasteiger partial charge in [0, 0.05) is 26.8 Å². The van der Waals surface area contributed by atoms with Crippen LogP contribution in [0.25, 0.3) is 0 Å². The van der Waals surface area contributed by atoms with Crippen LogP contribution in [0.4, 0.5) is 0 Å². The number of ether oxygens (including phenoxy) is 1. The fourth-order valence-corrected chi connectivity index (χ4v) is 1.74. The quantitative estimate of drug-likeness (QED) is 0.544. The molecule has 0 aromatic rings. The molecule has 0 fully saturated rings. The van der Waals surface area contributed by atoms with Crippen LogP contribution in [0.5, 0.6) is 0 Å². The second-order valence-corrected chi connectivity index (χ2v) is 4.73. The Morgan fingerprint density at radius 3 is 2.62 bits per heavy atom. The van der Waals surface area contributed by atoms with Crippen molar-refractivity contribution in [2.24, 2.45) is 0 Å². The van der Waals surface area contributed by atoms with Gasteiger partial charge >= 0.3 is 0 Å². The van der Waals surface area contributed by atoms with E-state index in [0.29, 0.717) is 0 Å². The number of hydrogen-bond donors (Lipinski definition) is 2. The summed E-state index contributed by atoms with van der Waals surface area (Å²) in [6.45, 7) is 7.96. The van der Waals surface area contributed by atoms with Crippen LogP contribution < -0.4 is 5.32 Å². The Hall–Kier alpha value is -0.160. The molecule has 0 amide bonds. The standard InChI is InChI=1S/C12H28N2O2/c1-5-7-13-12(2,11-15)10-14(3)8-6-9-16-4/h13,15H,5-11H2,1-4H3. The van der Waals surface area contributed by atoms with E-state index in [4.69, 9.17) is 4.74 Å². The molecule has 0 aromatic carbocycles. The summed E-state index contributed by atoms with van der Waals surface area (Å²) in [5.74, 6) is 0. The predicted octanol–water partition coefficient (Wildman–Crippen LogP) is 0.705. The van der Waals surface area contributed by atoms with E-state index in [1.807, 2.05) is 0 Å². The zero-order valence-electron chi connectivity index (χ0n) is 11.3. The van der Waals surface area contributed by atoms with Crippen molar-refractivity contribution < 1.29 is 9.84 Å². The highest BCUT2D eigenvalue weighted by Gasteiger charge is 2.23. The molecule has 2 N–H and O–H groups in total. The molecule has 0 aliphatic heterocycles. The molecule has 4 nitrogen and oxygen atoms in total. The van der Waals surface area contributed by atoms with E-state index in [9.17, 15) is 5.11 Å². The van der Waals surface area contributed by atoms with Crippen LogP contribution in [0.3, 0.4) is 0 Å². The highest BCUT2D eigenvalue weighted by atomic mass is 16.5. The molecule has 0 heterocycles. The Balaban J connectivity index is 3.89. The summed E-state index contributed by atoms with van der Waals surface area (Å²) < 4.78 is 5.02. The highest BCUT2D eigenvalue weighted by molar-refractivity contribution is 4.85. The minimum Gasteiger partial charge on any atom is -0.394 e. The summed E-state index contributed by atoms with van der Waals surface area (Å²) in [4.78, 5) is 2.23. The monoisotopic (exact) mass is 232 g/mol. The van der Waals surface area contributed by atoms with E-state index in [-0.39, 0.29) is 12.1 Å². The molecular weight excluding hydrogens is 204 g/mol. The summed E-state index contributed by atoms with van der Waals surface area (Å²) in [7, 11) is 3.80. The third-order valence-electron chi connectivity index (χ3n) is 2.66. The minimum absolute atomic E-state index is 0.168. The number of rotatable bonds is 10. The molecule has 4 heteroatoms. The van der Waals surface area contributed by atoms with E-state index in [1.54, 1.807) is 7.11 Å². The van der Waals surface area contributed by atoms with Crippen LogP contribution in [0, 0.1) is 0 Å². The van der Waals surface area contributed by atoms with Gasteiger partial charge in [-0.1, -0.05) is 6.92 Å². The fraction of sp³-hybridized carbons (Fsp3) is 1.00. The second-order valence-electron chi connectivity index (χ2n) is 4.73. The normalized spacial score (nSPS) is 15.4. The maximum absolute atomic E-state index is 9.42. The molecule has 0 rings (SSSR count). The third kappa shape index (κ3) is 7.17. The van der Waals surface area contributed by atoms with E-state index in [1.165, 1.54) is 0 Å². The average Bonchev–Trinajstić information content (AvgIpc) is 2.27. The lowest BCUT2D eigenvalue weighted by Crippen LogP contribution is -2.53. The summed E-state index contributed by atoms with van der Waals surface area (Å²) in [6, 6.07) is 0. The Labute approximate surface area is 100.0 Å². The molecule has 1 atom stereocenters. The smallest absolute Gasteiger partial charge is 0.0623 e. The highest BCUT2D eigenvalue weighted by Crippen LogP contribution is 2.05. The number of aliphatic hydroxyl groups excluding tert-OH is 1. The molecule has 0 saturated carbocycles. The van der Waals surface area contributed by atoms with Gasteiger partial charge in [0.15, 0.2) is 0 Å². The van der Waals surface area contributed by atoms with Crippen molar-refractivity contribution in [1.29, 1.82) is 0 Å². The zero-order chi connectivity index (χ0) is 12.4. The van der Waals surface area contributed by atoms with Crippen molar-refractivity contribution >= 4 is 0 Å². The van der Waals surface area contributed by atoms with Gasteiger partial charge in [-0.3, -0.25) is 0 Å². The molecule has 16 heavy (non-hydrogen) atoms. The van der Waals surface area contributed by atoms with Crippen molar-refractivity contribution in [1.82, 2.24) is 10.2 Å². The van der Waals surface area contributed by atoms with Crippen LogP contribution in [-0.2, 0) is 4.74 Å². The number of likely N-dealkylation sites (N-methyl/N-ethyl adjacent to an activating group) is 1. The predicted molar refractivity (Wildman–Crippen MR) is 67.8 cm³/mol. The lowest BCUT2D eigenvalue weighted by atomic mass is 10.0. The molecule has 1 unspecified atom stereocenters. The van der Waals surface area contributed by atoms with E-state index in [2.05, 4.69) is 31.1 Å². The number of aliphatic hydroxyl groups is 1. The molecule has 0 spiro atoms. The summed E-state index contributed by atoms with van der Waals surface area (Å²) in [5.41, 5.74) is -0.197. The molecule has 0 bridgehead atoms. The minimum atomic E-state index is -0.197. The Morgan fingerprint density at radius 2 is 2.12 bits per heavy atom. The van der Waals surface area contributed by atoms with Crippen LogP contribution >= 0.6 is 0 Å². The lowest BCUT2D eigenvalue weighted by Gasteiger charge is -2.33. The Bertz CT molecular complexity index is 167. The largest absolute Gasteiger partial charge is 0.394 e. The molecular formula is C12H28N2O2. The van der Waals surface area contributed by atoms with Gasteiger partial charge in [-0.15, -0.1) is 0 Å². The topological polar surface area (TPSA) is 44.7 Å². The van der Waals surface area contributed by atoms with Crippen LogP contribution in [-0.4, -0.2) is 62.6 Å². The van der Waals surface area contributed by atoms with Gasteiger partial charge in [-0.2, -0.15) is 0 Å². The number of nitrogens with zero attached hydrogens (tertiary/aromatic N) is 1. The second kappa shape index (κ2) is 8.93. The maximum Gasteiger partial charge on any atom is 0.0623 e. The number of nitrogens with one attached hydrogen (secondary N) is 1. The molecule has 0 aromatic heterocycles. The molecule has 0 saturated heterocycles. The molecule has 98 valence electrons.